The molecule has 0 saturated carbocycles. The van der Waals surface area contributed by atoms with Crippen LogP contribution in [0.1, 0.15) is 6.42 Å². The van der Waals surface area contributed by atoms with E-state index in [2.05, 4.69) is 23.6 Å². The summed E-state index contributed by atoms with van der Waals surface area (Å²) in [4.78, 5) is 17.6. The Balaban J connectivity index is 3.89. The van der Waals surface area contributed by atoms with Gasteiger partial charge in [0, 0.05) is 0 Å². The van der Waals surface area contributed by atoms with Crippen molar-refractivity contribution in [1.82, 2.24) is 0 Å². The molecule has 0 aliphatic carbocycles. The second kappa shape index (κ2) is 5.65. The predicted molar refractivity (Wildman–Crippen MR) is 55.1 cm³/mol. The number of hydrogen-bond acceptors (Lipinski definition) is 3. The number of carbonyl (C=O) groups excluding carboxylic acids is 1. The van der Waals surface area contributed by atoms with E-state index in [9.17, 15) is 9.90 Å². The Morgan fingerprint density at radius 3 is 2.46 bits per heavy atom. The third kappa shape index (κ3) is 7.07. The molecule has 0 aliphatic heterocycles. The molecule has 0 unspecified atom stereocenters. The van der Waals surface area contributed by atoms with Gasteiger partial charge in [-0.25, -0.2) is 0 Å². The van der Waals surface area contributed by atoms with Crippen LogP contribution in [-0.2, 0) is 9.53 Å². The van der Waals surface area contributed by atoms with E-state index in [0.29, 0.717) is 6.42 Å². The van der Waals surface area contributed by atoms with Crippen LogP contribution in [0, 0.1) is 0 Å². The Hall–Kier alpha value is -0.0313. The molecule has 0 fully saturated rings. The van der Waals surface area contributed by atoms with Gasteiger partial charge in [-0.05, 0) is 0 Å². The summed E-state index contributed by atoms with van der Waals surface area (Å²) in [6.45, 7) is 0. The van der Waals surface area contributed by atoms with E-state index in [1.54, 1.807) is 0 Å². The molecule has 0 heterocycles. The Labute approximate surface area is 83.7 Å². The topological polar surface area (TPSA) is 46.5 Å². The molecule has 0 rings (SSSR count). The number of methoxy groups -OCH3 is 1. The van der Waals surface area contributed by atoms with Gasteiger partial charge in [-0.1, -0.05) is 0 Å². The SMILES string of the molecule is COC(=O)[C@H](O)C/C=[CH]\[Sn]([CH3])([CH3])[CH3]. The molecule has 0 aromatic heterocycles. The summed E-state index contributed by atoms with van der Waals surface area (Å²) in [5.41, 5.74) is 0. The van der Waals surface area contributed by atoms with Crippen molar-refractivity contribution in [3.8, 4) is 0 Å². The third-order valence-corrected chi connectivity index (χ3v) is 4.98. The van der Waals surface area contributed by atoms with Crippen molar-refractivity contribution < 1.29 is 14.6 Å². The van der Waals surface area contributed by atoms with Gasteiger partial charge in [0.25, 0.3) is 0 Å². The Morgan fingerprint density at radius 2 is 2.08 bits per heavy atom. The number of ether oxygens (including phenoxy) is 1. The molecule has 4 heteroatoms. The fraction of sp³-hybridized carbons (Fsp3) is 0.667. The van der Waals surface area contributed by atoms with Crippen molar-refractivity contribution in [1.29, 1.82) is 0 Å². The van der Waals surface area contributed by atoms with Gasteiger partial charge >= 0.3 is 83.6 Å². The summed E-state index contributed by atoms with van der Waals surface area (Å²) in [5, 5.41) is 9.21. The number of rotatable bonds is 4. The molecule has 0 saturated heterocycles. The number of hydrogen-bond donors (Lipinski definition) is 1. The monoisotopic (exact) mass is 294 g/mol. The molecule has 13 heavy (non-hydrogen) atoms. The second-order valence-corrected chi connectivity index (χ2v) is 18.5. The zero-order valence-electron chi connectivity index (χ0n) is 8.70. The maximum absolute atomic E-state index is 10.8. The van der Waals surface area contributed by atoms with Crippen molar-refractivity contribution in [2.24, 2.45) is 0 Å². The number of esters is 1. The molecule has 0 amide bonds. The van der Waals surface area contributed by atoms with Crippen LogP contribution in [0.4, 0.5) is 0 Å². The second-order valence-electron chi connectivity index (χ2n) is 4.04. The van der Waals surface area contributed by atoms with E-state index in [-0.39, 0.29) is 0 Å². The fourth-order valence-corrected chi connectivity index (χ4v) is 3.19. The van der Waals surface area contributed by atoms with Gasteiger partial charge in [-0.3, -0.25) is 0 Å². The molecule has 0 aromatic rings. The van der Waals surface area contributed by atoms with Crippen LogP contribution in [0.2, 0.25) is 14.8 Å². The number of aliphatic hydroxyl groups is 1. The quantitative estimate of drug-likeness (QED) is 0.628. The van der Waals surface area contributed by atoms with Gasteiger partial charge in [0.2, 0.25) is 0 Å². The van der Waals surface area contributed by atoms with Crippen LogP contribution in [0.5, 0.6) is 0 Å². The average Bonchev–Trinajstić information content (AvgIpc) is 2.00. The van der Waals surface area contributed by atoms with Gasteiger partial charge in [0.1, 0.15) is 0 Å². The van der Waals surface area contributed by atoms with Crippen LogP contribution in [0.3, 0.4) is 0 Å². The molecule has 0 spiro atoms. The minimum absolute atomic E-state index is 0.362. The molecule has 0 bridgehead atoms. The van der Waals surface area contributed by atoms with Crippen molar-refractivity contribution >= 4 is 24.3 Å². The predicted octanol–water partition coefficient (Wildman–Crippen LogP) is 1.34. The summed E-state index contributed by atoms with van der Waals surface area (Å²) in [5.74, 6) is -0.561. The molecular weight excluding hydrogens is 275 g/mol. The van der Waals surface area contributed by atoms with E-state index in [1.165, 1.54) is 7.11 Å². The first kappa shape index (κ1) is 13.0. The van der Waals surface area contributed by atoms with Crippen LogP contribution < -0.4 is 0 Å². The molecule has 76 valence electrons. The van der Waals surface area contributed by atoms with E-state index in [1.807, 2.05) is 6.08 Å². The normalized spacial score (nSPS) is 14.5. The van der Waals surface area contributed by atoms with Crippen LogP contribution in [0.15, 0.2) is 10.2 Å². The first-order valence-corrected chi connectivity index (χ1v) is 14.5. The summed E-state index contributed by atoms with van der Waals surface area (Å²) in [6, 6.07) is 0. The van der Waals surface area contributed by atoms with Gasteiger partial charge in [0.05, 0.1) is 0 Å². The molecule has 0 aliphatic rings. The summed E-state index contributed by atoms with van der Waals surface area (Å²) in [7, 11) is 1.28. The molecule has 0 aromatic carbocycles. The molecule has 1 N–H and O–H groups in total. The zero-order chi connectivity index (χ0) is 10.5. The van der Waals surface area contributed by atoms with Crippen LogP contribution in [0.25, 0.3) is 0 Å². The summed E-state index contributed by atoms with van der Waals surface area (Å²) < 4.78 is 6.56. The van der Waals surface area contributed by atoms with Gasteiger partial charge < -0.3 is 0 Å². The first-order valence-electron chi connectivity index (χ1n) is 4.30. The Bertz CT molecular complexity index is 194. The Morgan fingerprint density at radius 1 is 1.54 bits per heavy atom. The van der Waals surface area contributed by atoms with E-state index in [4.69, 9.17) is 0 Å². The van der Waals surface area contributed by atoms with Crippen LogP contribution in [-0.4, -0.2) is 42.7 Å². The van der Waals surface area contributed by atoms with Crippen molar-refractivity contribution in [2.75, 3.05) is 7.11 Å². The zero-order valence-corrected chi connectivity index (χ0v) is 11.6. The van der Waals surface area contributed by atoms with E-state index < -0.39 is 30.5 Å². The van der Waals surface area contributed by atoms with Gasteiger partial charge in [0.15, 0.2) is 0 Å². The molecule has 0 radical (unpaired) electrons. The molecule has 1 atom stereocenters. The maximum atomic E-state index is 10.8. The Kier molecular flexibility index (Phi) is 5.63. The van der Waals surface area contributed by atoms with E-state index >= 15 is 0 Å². The fourth-order valence-electron chi connectivity index (χ4n) is 0.783. The van der Waals surface area contributed by atoms with Gasteiger partial charge in [-0.2, -0.15) is 0 Å². The number of aliphatic hydroxyl groups excluding tert-OH is 1. The van der Waals surface area contributed by atoms with Crippen molar-refractivity contribution in [2.45, 2.75) is 27.3 Å². The standard InChI is InChI=1S/C6H9O3.3CH3.Sn/c1-3-4-5(7)6(8)9-2;;;;/h1,3,5,7H,4H2,2H3;3*1H3;/t5-;;;;/m1..../s1. The third-order valence-electron chi connectivity index (χ3n) is 1.45. The van der Waals surface area contributed by atoms with Crippen molar-refractivity contribution in [3.05, 3.63) is 10.2 Å². The first-order chi connectivity index (χ1) is 5.87. The number of carbonyl (C=O) groups is 1. The summed E-state index contributed by atoms with van der Waals surface area (Å²) in [6.07, 6.45) is 1.24. The van der Waals surface area contributed by atoms with E-state index in [0.717, 1.165) is 0 Å². The van der Waals surface area contributed by atoms with Crippen LogP contribution >= 0.6 is 0 Å². The molecule has 3 nitrogen and oxygen atoms in total. The summed E-state index contributed by atoms with van der Waals surface area (Å²) >= 11 is -1.87. The average molecular weight is 293 g/mol. The molecular formula is C9H18O3Sn. The van der Waals surface area contributed by atoms with Crippen molar-refractivity contribution in [3.63, 3.8) is 0 Å². The minimum atomic E-state index is -1.87. The van der Waals surface area contributed by atoms with Gasteiger partial charge in [-0.15, -0.1) is 0 Å².